The molecule has 9 heteroatoms. The van der Waals surface area contributed by atoms with Crippen molar-refractivity contribution < 1.29 is 36.9 Å². The third-order valence-corrected chi connectivity index (χ3v) is 3.14. The van der Waals surface area contributed by atoms with Gasteiger partial charge in [-0.25, -0.2) is 0 Å². The average molecular weight is 294 g/mol. The van der Waals surface area contributed by atoms with Gasteiger partial charge in [-0.2, -0.15) is 0 Å². The molecular formula is C6H10FeN2O4S2. The molecule has 1 atom stereocenters. The molecule has 1 unspecified atom stereocenters. The smallest absolute Gasteiger partial charge is 0.504 e. The van der Waals surface area contributed by atoms with E-state index < -0.39 is 18.0 Å². The van der Waals surface area contributed by atoms with Crippen molar-refractivity contribution in [2.45, 2.75) is 6.04 Å². The summed E-state index contributed by atoms with van der Waals surface area (Å²) in [6.07, 6.45) is 0. The van der Waals surface area contributed by atoms with Crippen LogP contribution in [0, 0.1) is 11.8 Å². The Hall–Kier alpha value is -0.0505. The number of carboxylic acids is 2. The van der Waals surface area contributed by atoms with E-state index in [9.17, 15) is 9.59 Å². The topological polar surface area (TPSA) is 127 Å². The van der Waals surface area contributed by atoms with Crippen LogP contribution in [-0.2, 0) is 26.7 Å². The Bertz CT molecular complexity index is 197. The van der Waals surface area contributed by atoms with Gasteiger partial charge >= 0.3 is 23.0 Å². The van der Waals surface area contributed by atoms with Gasteiger partial charge in [-0.1, -0.05) is 0 Å². The molecule has 0 aromatic carbocycles. The molecule has 0 bridgehead atoms. The Morgan fingerprint density at radius 2 is 2.00 bits per heavy atom. The molecule has 0 radical (unpaired) electrons. The molecule has 0 saturated heterocycles. The van der Waals surface area contributed by atoms with Crippen LogP contribution in [0.5, 0.6) is 0 Å². The van der Waals surface area contributed by atoms with Gasteiger partial charge in [0, 0.05) is 5.75 Å². The van der Waals surface area contributed by atoms with Crippen LogP contribution in [0.25, 0.3) is 0 Å². The maximum absolute atomic E-state index is 10.3. The monoisotopic (exact) mass is 294 g/mol. The van der Waals surface area contributed by atoms with Crippen molar-refractivity contribution in [1.29, 1.82) is 0 Å². The summed E-state index contributed by atoms with van der Waals surface area (Å²) in [4.78, 5) is 20.5. The van der Waals surface area contributed by atoms with E-state index in [-0.39, 0.29) is 28.9 Å². The molecule has 0 aliphatic carbocycles. The van der Waals surface area contributed by atoms with E-state index in [0.29, 0.717) is 0 Å². The van der Waals surface area contributed by atoms with Gasteiger partial charge in [0.1, 0.15) is 6.04 Å². The SMILES string of the molecule is N[C-]([CH-]SSCC(N)C(=O)O)C(=O)O.[Fe+2]. The molecule has 0 amide bonds. The first-order chi connectivity index (χ1) is 6.45. The maximum Gasteiger partial charge on any atom is 2.00 e. The Labute approximate surface area is 105 Å². The zero-order valence-electron chi connectivity index (χ0n) is 7.40. The molecule has 0 aliphatic heterocycles. The third kappa shape index (κ3) is 8.91. The molecule has 0 aliphatic rings. The van der Waals surface area contributed by atoms with E-state index in [1.807, 2.05) is 0 Å². The van der Waals surface area contributed by atoms with E-state index >= 15 is 0 Å². The van der Waals surface area contributed by atoms with Gasteiger partial charge in [0.25, 0.3) is 0 Å². The number of rotatable bonds is 7. The molecular weight excluding hydrogens is 284 g/mol. The number of carbonyl (C=O) groups is 2. The zero-order valence-corrected chi connectivity index (χ0v) is 10.1. The zero-order chi connectivity index (χ0) is 11.1. The second-order valence-electron chi connectivity index (χ2n) is 2.20. The van der Waals surface area contributed by atoms with Crippen molar-refractivity contribution in [3.63, 3.8) is 0 Å². The number of aliphatic carboxylic acids is 2. The first-order valence-electron chi connectivity index (χ1n) is 3.40. The summed E-state index contributed by atoms with van der Waals surface area (Å²) >= 11 is 0. The Balaban J connectivity index is 0. The molecule has 6 N–H and O–H groups in total. The minimum atomic E-state index is -1.21. The van der Waals surface area contributed by atoms with E-state index in [4.69, 9.17) is 21.7 Å². The molecule has 6 nitrogen and oxygen atoms in total. The van der Waals surface area contributed by atoms with Gasteiger partial charge in [0.2, 0.25) is 0 Å². The Kier molecular flexibility index (Phi) is 10.6. The molecule has 0 rings (SSSR count). The largest absolute Gasteiger partial charge is 2.00 e. The van der Waals surface area contributed by atoms with Gasteiger partial charge in [-0.15, -0.1) is 10.8 Å². The summed E-state index contributed by atoms with van der Waals surface area (Å²) in [5.41, 5.74) is 10.3. The van der Waals surface area contributed by atoms with Crippen molar-refractivity contribution in [3.05, 3.63) is 11.8 Å². The predicted molar refractivity (Wildman–Crippen MR) is 55.0 cm³/mol. The van der Waals surface area contributed by atoms with Gasteiger partial charge in [0.15, 0.2) is 5.97 Å². The van der Waals surface area contributed by atoms with Crippen LogP contribution in [0.2, 0.25) is 0 Å². The Morgan fingerprint density at radius 3 is 2.40 bits per heavy atom. The van der Waals surface area contributed by atoms with Crippen LogP contribution >= 0.6 is 21.6 Å². The normalized spacial score (nSPS) is 11.3. The minimum Gasteiger partial charge on any atom is -0.504 e. The first-order valence-corrected chi connectivity index (χ1v) is 5.79. The van der Waals surface area contributed by atoms with Crippen molar-refractivity contribution in [1.82, 2.24) is 0 Å². The quantitative estimate of drug-likeness (QED) is 0.214. The summed E-state index contributed by atoms with van der Waals surface area (Å²) in [6, 6.07) is -1.24. The van der Waals surface area contributed by atoms with Gasteiger partial charge in [-0.3, -0.25) is 9.59 Å². The van der Waals surface area contributed by atoms with E-state index in [2.05, 4.69) is 0 Å². The van der Waals surface area contributed by atoms with Crippen molar-refractivity contribution in [2.24, 2.45) is 11.5 Å². The number of carboxylic acid groups (broad SMARTS) is 2. The van der Waals surface area contributed by atoms with Crippen LogP contribution in [0.15, 0.2) is 0 Å². The molecule has 0 spiro atoms. The van der Waals surface area contributed by atoms with E-state index in [0.717, 1.165) is 21.6 Å². The van der Waals surface area contributed by atoms with Crippen molar-refractivity contribution in [3.8, 4) is 0 Å². The van der Waals surface area contributed by atoms with Crippen LogP contribution in [0.1, 0.15) is 0 Å². The fourth-order valence-corrected chi connectivity index (χ4v) is 2.15. The van der Waals surface area contributed by atoms with Gasteiger partial charge in [0.05, 0.1) is 0 Å². The first kappa shape index (κ1) is 17.3. The molecule has 0 saturated carbocycles. The van der Waals surface area contributed by atoms with Crippen molar-refractivity contribution in [2.75, 3.05) is 5.75 Å². The second kappa shape index (κ2) is 9.20. The number of hydrogen-bond donors (Lipinski definition) is 4. The molecule has 0 aromatic heterocycles. The summed E-state index contributed by atoms with van der Waals surface area (Å²) in [6.45, 7) is 0. The van der Waals surface area contributed by atoms with Crippen LogP contribution in [0.4, 0.5) is 0 Å². The molecule has 88 valence electrons. The summed E-state index contributed by atoms with van der Waals surface area (Å²) < 4.78 is 0. The standard InChI is InChI=1S/C6H10N2O4S2.Fe/c7-3(5(9)10)1-13-14-2-4(8)6(11)12;/h1,4H,2,7-8H2,(H,9,10)(H,11,12);/q-2;+2. The van der Waals surface area contributed by atoms with Crippen LogP contribution in [-0.4, -0.2) is 33.9 Å². The predicted octanol–water partition coefficient (Wildman–Crippen LogP) is -0.486. The summed E-state index contributed by atoms with van der Waals surface area (Å²) in [5, 5.41) is 16.7. The van der Waals surface area contributed by atoms with E-state index in [1.165, 1.54) is 5.75 Å². The van der Waals surface area contributed by atoms with Crippen molar-refractivity contribution >= 4 is 33.5 Å². The van der Waals surface area contributed by atoms with Gasteiger partial charge < -0.3 is 44.3 Å². The van der Waals surface area contributed by atoms with Crippen LogP contribution < -0.4 is 11.5 Å². The Morgan fingerprint density at radius 1 is 1.47 bits per heavy atom. The van der Waals surface area contributed by atoms with E-state index in [1.54, 1.807) is 0 Å². The molecule has 0 aromatic rings. The number of hydrogen-bond acceptors (Lipinski definition) is 6. The minimum absolute atomic E-state index is 0. The molecule has 0 fully saturated rings. The summed E-state index contributed by atoms with van der Waals surface area (Å²) in [7, 11) is 2.17. The second-order valence-corrected chi connectivity index (χ2v) is 4.49. The maximum atomic E-state index is 10.3. The van der Waals surface area contributed by atoms with Crippen LogP contribution in [0.3, 0.4) is 0 Å². The summed E-state index contributed by atoms with van der Waals surface area (Å²) in [5.74, 6) is -0.890. The van der Waals surface area contributed by atoms with Gasteiger partial charge in [-0.05, 0) is 0 Å². The third-order valence-electron chi connectivity index (χ3n) is 1.05. The molecule has 0 heterocycles. The fraction of sp³-hybridized carbons (Fsp3) is 0.333. The average Bonchev–Trinajstić information content (AvgIpc) is 2.11. The number of nitrogens with two attached hydrogens (primary N) is 2. The fourth-order valence-electron chi connectivity index (χ4n) is 0.320. The molecule has 15 heavy (non-hydrogen) atoms.